The lowest BCUT2D eigenvalue weighted by Crippen LogP contribution is -1.96. The fraction of sp³-hybridized carbons (Fsp3) is 0.250. The maximum atomic E-state index is 5.38. The number of rotatable bonds is 9. The first-order valence-electron chi connectivity index (χ1n) is 17.9. The van der Waals surface area contributed by atoms with Crippen LogP contribution in [-0.2, 0) is 0 Å². The van der Waals surface area contributed by atoms with Gasteiger partial charge in [0.25, 0.3) is 0 Å². The lowest BCUT2D eigenvalue weighted by molar-refractivity contribution is 0.414. The molecule has 5 heteroatoms. The SMILES string of the molecule is COc1ccc(C)c(-c2cc(OC)ccc2C(C)C)c1.COc1ccc(C)c(-c2cc(OC)ccc2C)c1.Cc1ccc(Sc2ccc(C)cc2)cc1. The molecule has 0 amide bonds. The van der Waals surface area contributed by atoms with Crippen LogP contribution in [0.1, 0.15) is 53.1 Å². The van der Waals surface area contributed by atoms with Crippen molar-refractivity contribution >= 4 is 11.8 Å². The van der Waals surface area contributed by atoms with Crippen LogP contribution in [0.25, 0.3) is 22.3 Å². The standard InChI is InChI=1S/C18H22O2.C16H18O2.C14H14S/c1-12(2)16-9-8-15(20-5)11-18(16)17-10-14(19-4)7-6-13(17)3;1-11-5-7-13(17-3)9-15(11)16-10-14(18-4)8-6-12(16)2;1-11-3-7-13(8-4-11)15-14-9-5-12(2)6-10-14/h6-12H,1-5H3;5-10H,1-4H3;3-10H,1-2H3. The quantitative estimate of drug-likeness (QED) is 0.148. The van der Waals surface area contributed by atoms with Crippen LogP contribution in [0, 0.1) is 34.6 Å². The summed E-state index contributed by atoms with van der Waals surface area (Å²) in [6.07, 6.45) is 0. The number of hydrogen-bond donors (Lipinski definition) is 0. The Balaban J connectivity index is 0.000000179. The number of hydrogen-bond acceptors (Lipinski definition) is 5. The van der Waals surface area contributed by atoms with Crippen molar-refractivity contribution in [3.05, 3.63) is 155 Å². The molecular weight excluding hydrogens is 673 g/mol. The molecule has 0 aliphatic carbocycles. The van der Waals surface area contributed by atoms with Crippen molar-refractivity contribution in [3.8, 4) is 45.3 Å². The summed E-state index contributed by atoms with van der Waals surface area (Å²) < 4.78 is 21.3. The van der Waals surface area contributed by atoms with Gasteiger partial charge in [0.05, 0.1) is 28.4 Å². The van der Waals surface area contributed by atoms with E-state index in [0.717, 1.165) is 23.0 Å². The van der Waals surface area contributed by atoms with Gasteiger partial charge >= 0.3 is 0 Å². The molecule has 6 aromatic carbocycles. The Hall–Kier alpha value is -5.13. The minimum absolute atomic E-state index is 0.460. The lowest BCUT2D eigenvalue weighted by Gasteiger charge is -2.17. The molecule has 0 saturated carbocycles. The van der Waals surface area contributed by atoms with E-state index in [-0.39, 0.29) is 0 Å². The highest BCUT2D eigenvalue weighted by Gasteiger charge is 2.13. The molecule has 0 spiro atoms. The zero-order valence-corrected chi connectivity index (χ0v) is 34.0. The minimum atomic E-state index is 0.460. The highest BCUT2D eigenvalue weighted by atomic mass is 32.2. The molecule has 0 aromatic heterocycles. The van der Waals surface area contributed by atoms with Crippen molar-refractivity contribution in [3.63, 3.8) is 0 Å². The number of benzene rings is 6. The average Bonchev–Trinajstić information content (AvgIpc) is 3.17. The summed E-state index contributed by atoms with van der Waals surface area (Å²) in [5.41, 5.74) is 12.4. The van der Waals surface area contributed by atoms with Crippen LogP contribution in [-0.4, -0.2) is 28.4 Å². The van der Waals surface area contributed by atoms with Crippen LogP contribution in [0.5, 0.6) is 23.0 Å². The minimum Gasteiger partial charge on any atom is -0.497 e. The summed E-state index contributed by atoms with van der Waals surface area (Å²) in [4.78, 5) is 2.59. The van der Waals surface area contributed by atoms with Gasteiger partial charge in [0, 0.05) is 9.79 Å². The van der Waals surface area contributed by atoms with E-state index in [0.29, 0.717) is 5.92 Å². The largest absolute Gasteiger partial charge is 0.497 e. The molecule has 4 nitrogen and oxygen atoms in total. The second-order valence-corrected chi connectivity index (χ2v) is 14.5. The van der Waals surface area contributed by atoms with E-state index in [2.05, 4.69) is 146 Å². The molecule has 6 aromatic rings. The van der Waals surface area contributed by atoms with Gasteiger partial charge in [0.1, 0.15) is 23.0 Å². The smallest absolute Gasteiger partial charge is 0.119 e. The molecule has 0 heterocycles. The molecule has 0 atom stereocenters. The first-order valence-corrected chi connectivity index (χ1v) is 18.7. The van der Waals surface area contributed by atoms with Gasteiger partial charge in [-0.3, -0.25) is 0 Å². The van der Waals surface area contributed by atoms with Crippen LogP contribution in [0.4, 0.5) is 0 Å². The molecule has 53 heavy (non-hydrogen) atoms. The van der Waals surface area contributed by atoms with Gasteiger partial charge in [0.2, 0.25) is 0 Å². The Morgan fingerprint density at radius 3 is 1.00 bits per heavy atom. The molecule has 0 aliphatic heterocycles. The van der Waals surface area contributed by atoms with Crippen molar-refractivity contribution in [1.82, 2.24) is 0 Å². The predicted octanol–water partition coefficient (Wildman–Crippen LogP) is 13.2. The number of ether oxygens (including phenoxy) is 4. The Kier molecular flexibility index (Phi) is 15.1. The topological polar surface area (TPSA) is 36.9 Å². The normalized spacial score (nSPS) is 10.4. The molecule has 6 rings (SSSR count). The Labute approximate surface area is 322 Å². The monoisotopic (exact) mass is 726 g/mol. The third-order valence-corrected chi connectivity index (χ3v) is 10.1. The van der Waals surface area contributed by atoms with Gasteiger partial charge in [-0.25, -0.2) is 0 Å². The molecule has 0 N–H and O–H groups in total. The lowest BCUT2D eigenvalue weighted by atomic mass is 9.90. The maximum Gasteiger partial charge on any atom is 0.119 e. The molecule has 0 unspecified atom stereocenters. The fourth-order valence-corrected chi connectivity index (χ4v) is 6.62. The second-order valence-electron chi connectivity index (χ2n) is 13.4. The van der Waals surface area contributed by atoms with Gasteiger partial charge < -0.3 is 18.9 Å². The Morgan fingerprint density at radius 1 is 0.377 bits per heavy atom. The molecule has 276 valence electrons. The molecule has 0 aliphatic rings. The van der Waals surface area contributed by atoms with Crippen molar-refractivity contribution in [1.29, 1.82) is 0 Å². The third-order valence-electron chi connectivity index (χ3n) is 9.07. The third kappa shape index (κ3) is 11.4. The van der Waals surface area contributed by atoms with Crippen LogP contribution >= 0.6 is 11.8 Å². The van der Waals surface area contributed by atoms with Crippen molar-refractivity contribution < 1.29 is 18.9 Å². The van der Waals surface area contributed by atoms with Gasteiger partial charge in [-0.15, -0.1) is 0 Å². The van der Waals surface area contributed by atoms with Crippen molar-refractivity contribution in [2.24, 2.45) is 0 Å². The first kappa shape index (κ1) is 40.6. The Morgan fingerprint density at radius 2 is 0.679 bits per heavy atom. The van der Waals surface area contributed by atoms with Gasteiger partial charge in [-0.2, -0.15) is 0 Å². The molecular formula is C48H54O4S. The fourth-order valence-electron chi connectivity index (χ4n) is 5.80. The Bertz CT molecular complexity index is 1970. The van der Waals surface area contributed by atoms with E-state index < -0.39 is 0 Å². The number of aryl methyl sites for hydroxylation is 5. The van der Waals surface area contributed by atoms with E-state index in [9.17, 15) is 0 Å². The highest BCUT2D eigenvalue weighted by Crippen LogP contribution is 2.36. The van der Waals surface area contributed by atoms with Crippen LogP contribution in [0.3, 0.4) is 0 Å². The highest BCUT2D eigenvalue weighted by molar-refractivity contribution is 7.99. The van der Waals surface area contributed by atoms with Gasteiger partial charge in [0.15, 0.2) is 0 Å². The van der Waals surface area contributed by atoms with Crippen molar-refractivity contribution in [2.75, 3.05) is 28.4 Å². The zero-order chi connectivity index (χ0) is 38.5. The second kappa shape index (κ2) is 19.6. The van der Waals surface area contributed by atoms with Gasteiger partial charge in [-0.05, 0) is 158 Å². The molecule has 0 fully saturated rings. The van der Waals surface area contributed by atoms with E-state index in [1.165, 1.54) is 65.4 Å². The summed E-state index contributed by atoms with van der Waals surface area (Å²) in [5, 5.41) is 0. The first-order chi connectivity index (χ1) is 25.5. The zero-order valence-electron chi connectivity index (χ0n) is 33.2. The van der Waals surface area contributed by atoms with Gasteiger partial charge in [-0.1, -0.05) is 85.3 Å². The average molecular weight is 727 g/mol. The van der Waals surface area contributed by atoms with Crippen LogP contribution in [0.2, 0.25) is 0 Å². The number of methoxy groups -OCH3 is 4. The maximum absolute atomic E-state index is 5.38. The predicted molar refractivity (Wildman–Crippen MR) is 225 cm³/mol. The molecule has 0 saturated heterocycles. The van der Waals surface area contributed by atoms with Crippen LogP contribution < -0.4 is 18.9 Å². The van der Waals surface area contributed by atoms with E-state index in [1.807, 2.05) is 24.3 Å². The van der Waals surface area contributed by atoms with Crippen LogP contribution in [0.15, 0.2) is 131 Å². The summed E-state index contributed by atoms with van der Waals surface area (Å²) >= 11 is 1.80. The molecule has 0 bridgehead atoms. The summed E-state index contributed by atoms with van der Waals surface area (Å²) in [7, 11) is 6.77. The van der Waals surface area contributed by atoms with E-state index in [4.69, 9.17) is 18.9 Å². The van der Waals surface area contributed by atoms with E-state index in [1.54, 1.807) is 40.2 Å². The summed E-state index contributed by atoms with van der Waals surface area (Å²) in [6.45, 7) is 15.0. The van der Waals surface area contributed by atoms with Crippen molar-refractivity contribution in [2.45, 2.75) is 64.2 Å². The summed E-state index contributed by atoms with van der Waals surface area (Å²) in [5.74, 6) is 3.96. The summed E-state index contributed by atoms with van der Waals surface area (Å²) in [6, 6.07) is 42.0. The van der Waals surface area contributed by atoms with E-state index >= 15 is 0 Å². The molecule has 0 radical (unpaired) electrons.